The molecule has 1 aromatic heterocycles. The van der Waals surface area contributed by atoms with Gasteiger partial charge in [-0.3, -0.25) is 14.5 Å². The first kappa shape index (κ1) is 24.9. The second-order valence-electron chi connectivity index (χ2n) is 8.97. The molecule has 2 amide bonds. The number of rotatable bonds is 10. The third-order valence-electron chi connectivity index (χ3n) is 6.19. The minimum Gasteiger partial charge on any atom is -0.497 e. The van der Waals surface area contributed by atoms with Crippen molar-refractivity contribution in [1.82, 2.24) is 9.88 Å². The summed E-state index contributed by atoms with van der Waals surface area (Å²) in [6.45, 7) is 6.80. The van der Waals surface area contributed by atoms with E-state index in [-0.39, 0.29) is 18.4 Å². The van der Waals surface area contributed by atoms with E-state index in [1.165, 1.54) is 11.3 Å². The van der Waals surface area contributed by atoms with Crippen LogP contribution in [0.25, 0.3) is 11.3 Å². The molecule has 0 unspecified atom stereocenters. The predicted octanol–water partition coefficient (Wildman–Crippen LogP) is 5.18. The Balaban J connectivity index is 1.32. The second kappa shape index (κ2) is 11.0. The Morgan fingerprint density at radius 1 is 1.03 bits per heavy atom. The zero-order chi connectivity index (χ0) is 24.9. The molecule has 0 bridgehead atoms. The molecule has 1 aliphatic carbocycles. The van der Waals surface area contributed by atoms with E-state index < -0.39 is 0 Å². The van der Waals surface area contributed by atoms with Crippen LogP contribution in [0.3, 0.4) is 0 Å². The lowest BCUT2D eigenvalue weighted by Gasteiger charge is -2.21. The van der Waals surface area contributed by atoms with Gasteiger partial charge in [-0.1, -0.05) is 18.2 Å². The molecule has 1 fully saturated rings. The Morgan fingerprint density at radius 3 is 2.34 bits per heavy atom. The van der Waals surface area contributed by atoms with Crippen LogP contribution < -0.4 is 15.4 Å². The van der Waals surface area contributed by atoms with Gasteiger partial charge in [0.15, 0.2) is 5.13 Å². The van der Waals surface area contributed by atoms with Crippen LogP contribution in [-0.2, 0) is 9.59 Å². The molecule has 3 aromatic rings. The van der Waals surface area contributed by atoms with Crippen LogP contribution in [0.15, 0.2) is 42.5 Å². The van der Waals surface area contributed by atoms with Crippen molar-refractivity contribution in [1.29, 1.82) is 0 Å². The summed E-state index contributed by atoms with van der Waals surface area (Å²) >= 11 is 1.46. The van der Waals surface area contributed by atoms with Crippen molar-refractivity contribution in [2.24, 2.45) is 0 Å². The van der Waals surface area contributed by atoms with Gasteiger partial charge in [0.2, 0.25) is 11.8 Å². The molecule has 0 aliphatic heterocycles. The van der Waals surface area contributed by atoms with Crippen molar-refractivity contribution < 1.29 is 14.3 Å². The maximum Gasteiger partial charge on any atom is 0.238 e. The molecule has 35 heavy (non-hydrogen) atoms. The van der Waals surface area contributed by atoms with Crippen molar-refractivity contribution >= 4 is 34.0 Å². The van der Waals surface area contributed by atoms with Crippen LogP contribution in [0.1, 0.15) is 35.3 Å². The number of nitrogens with one attached hydrogen (secondary N) is 2. The van der Waals surface area contributed by atoms with Crippen molar-refractivity contribution in [2.75, 3.05) is 30.8 Å². The number of aryl methyl sites for hydroxylation is 3. The zero-order valence-corrected chi connectivity index (χ0v) is 21.5. The zero-order valence-electron chi connectivity index (χ0n) is 20.7. The predicted molar refractivity (Wildman–Crippen MR) is 141 cm³/mol. The quantitative estimate of drug-likeness (QED) is 0.408. The summed E-state index contributed by atoms with van der Waals surface area (Å²) < 4.78 is 5.22. The first-order valence-electron chi connectivity index (χ1n) is 11.9. The fraction of sp³-hybridized carbons (Fsp3) is 0.370. The fourth-order valence-corrected chi connectivity index (χ4v) is 4.95. The Hall–Kier alpha value is -3.23. The van der Waals surface area contributed by atoms with Crippen LogP contribution in [0.2, 0.25) is 0 Å². The van der Waals surface area contributed by atoms with Crippen LogP contribution in [0.4, 0.5) is 10.8 Å². The number of nitrogens with zero attached hydrogens (tertiary/aromatic N) is 2. The molecule has 0 atom stereocenters. The van der Waals surface area contributed by atoms with Gasteiger partial charge in [-0.25, -0.2) is 4.98 Å². The number of hydrogen-bond donors (Lipinski definition) is 2. The molecule has 1 heterocycles. The number of hydrogen-bond acceptors (Lipinski definition) is 6. The lowest BCUT2D eigenvalue weighted by atomic mass is 10.1. The third-order valence-corrected chi connectivity index (χ3v) is 7.07. The lowest BCUT2D eigenvalue weighted by molar-refractivity contribution is -0.119. The number of aromatic nitrogens is 1. The number of methoxy groups -OCH3 is 1. The largest absolute Gasteiger partial charge is 0.497 e. The van der Waals surface area contributed by atoms with E-state index in [9.17, 15) is 9.59 Å². The Morgan fingerprint density at radius 2 is 1.71 bits per heavy atom. The first-order chi connectivity index (χ1) is 16.8. The number of benzene rings is 2. The smallest absolute Gasteiger partial charge is 0.238 e. The number of thiazole rings is 1. The molecule has 7 nitrogen and oxygen atoms in total. The van der Waals surface area contributed by atoms with Gasteiger partial charge in [0.25, 0.3) is 0 Å². The monoisotopic (exact) mass is 492 g/mol. The summed E-state index contributed by atoms with van der Waals surface area (Å²) in [4.78, 5) is 33.2. The van der Waals surface area contributed by atoms with Gasteiger partial charge in [-0.15, -0.1) is 11.3 Å². The Bertz CT molecular complexity index is 1180. The normalized spacial score (nSPS) is 13.1. The summed E-state index contributed by atoms with van der Waals surface area (Å²) in [5.74, 6) is 0.647. The van der Waals surface area contributed by atoms with Crippen molar-refractivity contribution in [2.45, 2.75) is 46.1 Å². The number of amides is 2. The van der Waals surface area contributed by atoms with Gasteiger partial charge in [0.05, 0.1) is 19.3 Å². The number of anilines is 2. The topological polar surface area (TPSA) is 83.6 Å². The van der Waals surface area contributed by atoms with E-state index in [0.29, 0.717) is 24.1 Å². The van der Waals surface area contributed by atoms with E-state index in [1.807, 2.05) is 63.2 Å². The molecular weight excluding hydrogens is 460 g/mol. The summed E-state index contributed by atoms with van der Waals surface area (Å²) in [5, 5.41) is 6.58. The van der Waals surface area contributed by atoms with Crippen molar-refractivity contribution in [3.63, 3.8) is 0 Å². The summed E-state index contributed by atoms with van der Waals surface area (Å²) in [5.41, 5.74) is 4.80. The average Bonchev–Trinajstić information content (AvgIpc) is 3.62. The Labute approximate surface area is 210 Å². The maximum absolute atomic E-state index is 12.7. The number of para-hydroxylation sites is 1. The first-order valence-corrected chi connectivity index (χ1v) is 12.7. The number of carbonyl (C=O) groups excluding carboxylic acids is 2. The second-order valence-corrected chi connectivity index (χ2v) is 10.2. The summed E-state index contributed by atoms with van der Waals surface area (Å²) in [6.07, 6.45) is 2.44. The van der Waals surface area contributed by atoms with Crippen molar-refractivity contribution in [3.8, 4) is 17.0 Å². The van der Waals surface area contributed by atoms with Crippen molar-refractivity contribution in [3.05, 3.63) is 58.5 Å². The van der Waals surface area contributed by atoms with E-state index >= 15 is 0 Å². The highest BCUT2D eigenvalue weighted by Crippen LogP contribution is 2.32. The molecule has 8 heteroatoms. The molecular formula is C27H32N4O3S. The minimum absolute atomic E-state index is 0.0469. The van der Waals surface area contributed by atoms with Gasteiger partial charge in [0.1, 0.15) is 5.75 Å². The molecule has 2 aromatic carbocycles. The number of carbonyl (C=O) groups is 2. The molecule has 2 N–H and O–H groups in total. The molecule has 4 rings (SSSR count). The highest BCUT2D eigenvalue weighted by atomic mass is 32.1. The average molecular weight is 493 g/mol. The Kier molecular flexibility index (Phi) is 7.83. The molecule has 1 aliphatic rings. The van der Waals surface area contributed by atoms with Crippen LogP contribution >= 0.6 is 11.3 Å². The van der Waals surface area contributed by atoms with Crippen LogP contribution in [0, 0.1) is 20.8 Å². The van der Waals surface area contributed by atoms with Gasteiger partial charge in [0, 0.05) is 35.1 Å². The maximum atomic E-state index is 12.7. The molecule has 184 valence electrons. The van der Waals surface area contributed by atoms with E-state index in [0.717, 1.165) is 51.5 Å². The molecule has 0 saturated heterocycles. The van der Waals surface area contributed by atoms with Crippen LogP contribution in [-0.4, -0.2) is 47.9 Å². The van der Waals surface area contributed by atoms with Gasteiger partial charge in [-0.2, -0.15) is 0 Å². The highest BCUT2D eigenvalue weighted by Gasteiger charge is 2.30. The third kappa shape index (κ3) is 6.46. The lowest BCUT2D eigenvalue weighted by Crippen LogP contribution is -2.37. The summed E-state index contributed by atoms with van der Waals surface area (Å²) in [6, 6.07) is 14.1. The molecule has 0 spiro atoms. The van der Waals surface area contributed by atoms with Gasteiger partial charge in [-0.05, 0) is 69.0 Å². The fourth-order valence-electron chi connectivity index (χ4n) is 4.10. The van der Waals surface area contributed by atoms with E-state index in [1.54, 1.807) is 7.11 Å². The highest BCUT2D eigenvalue weighted by molar-refractivity contribution is 7.16. The standard InChI is InChI=1S/C27H32N4O3S/c1-17-6-5-7-18(2)25(17)28-24(33)16-31(21-10-11-21)15-14-23(32)29-27-30-26(19(3)35-27)20-8-12-22(34-4)13-9-20/h5-9,12-13,21H,10-11,14-16H2,1-4H3,(H,28,33)(H,29,30,32). The summed E-state index contributed by atoms with van der Waals surface area (Å²) in [7, 11) is 1.64. The van der Waals surface area contributed by atoms with Gasteiger partial charge >= 0.3 is 0 Å². The van der Waals surface area contributed by atoms with E-state index in [2.05, 4.69) is 20.5 Å². The van der Waals surface area contributed by atoms with E-state index in [4.69, 9.17) is 4.74 Å². The van der Waals surface area contributed by atoms with Crippen LogP contribution in [0.5, 0.6) is 5.75 Å². The minimum atomic E-state index is -0.0964. The molecule has 1 saturated carbocycles. The number of ether oxygens (including phenoxy) is 1. The SMILES string of the molecule is COc1ccc(-c2nc(NC(=O)CCN(CC(=O)Nc3c(C)cccc3C)C3CC3)sc2C)cc1. The molecule has 0 radical (unpaired) electrons. The van der Waals surface area contributed by atoms with Gasteiger partial charge < -0.3 is 15.4 Å².